The van der Waals surface area contributed by atoms with Gasteiger partial charge in [-0.1, -0.05) is 25.0 Å². The maximum absolute atomic E-state index is 12.0. The average Bonchev–Trinajstić information content (AvgIpc) is 3.08. The van der Waals surface area contributed by atoms with Gasteiger partial charge in [0.15, 0.2) is 0 Å². The number of anilines is 1. The Labute approximate surface area is 134 Å². The molecule has 1 aliphatic heterocycles. The van der Waals surface area contributed by atoms with E-state index in [1.54, 1.807) is 0 Å². The van der Waals surface area contributed by atoms with Gasteiger partial charge in [-0.25, -0.2) is 0 Å². The highest BCUT2D eigenvalue weighted by Gasteiger charge is 2.22. The molecule has 0 aromatic heterocycles. The van der Waals surface area contributed by atoms with Crippen LogP contribution in [0.25, 0.3) is 0 Å². The molecule has 1 heterocycles. The lowest BCUT2D eigenvalue weighted by Gasteiger charge is -2.30. The molecule has 1 amide bonds. The molecule has 120 valence electrons. The normalized spacial score (nSPS) is 18.3. The Morgan fingerprint density at radius 3 is 2.86 bits per heavy atom. The molecule has 0 bridgehead atoms. The van der Waals surface area contributed by atoms with E-state index >= 15 is 0 Å². The number of amides is 1. The number of carbonyl (C=O) groups excluding carboxylic acids is 1. The van der Waals surface area contributed by atoms with Crippen LogP contribution in [-0.4, -0.2) is 25.5 Å². The molecule has 0 unspecified atom stereocenters. The smallest absolute Gasteiger partial charge is 0.223 e. The van der Waals surface area contributed by atoms with Gasteiger partial charge in [0.25, 0.3) is 0 Å². The Kier molecular flexibility index (Phi) is 5.01. The van der Waals surface area contributed by atoms with Gasteiger partial charge in [-0.05, 0) is 56.2 Å². The van der Waals surface area contributed by atoms with Gasteiger partial charge < -0.3 is 10.2 Å². The Morgan fingerprint density at radius 1 is 1.27 bits per heavy atom. The molecule has 1 aromatic carbocycles. The van der Waals surface area contributed by atoms with E-state index in [2.05, 4.69) is 35.3 Å². The molecule has 3 rings (SSSR count). The lowest BCUT2D eigenvalue weighted by Crippen LogP contribution is -2.31. The molecule has 3 nitrogen and oxygen atoms in total. The van der Waals surface area contributed by atoms with Crippen LogP contribution in [0.15, 0.2) is 18.2 Å². The molecule has 0 atom stereocenters. The van der Waals surface area contributed by atoms with E-state index in [0.717, 1.165) is 32.4 Å². The number of hydrogen-bond donors (Lipinski definition) is 1. The van der Waals surface area contributed by atoms with E-state index in [-0.39, 0.29) is 11.8 Å². The molecule has 1 fully saturated rings. The topological polar surface area (TPSA) is 32.3 Å². The van der Waals surface area contributed by atoms with E-state index in [9.17, 15) is 4.79 Å². The van der Waals surface area contributed by atoms with Crippen molar-refractivity contribution in [2.45, 2.75) is 51.9 Å². The molecule has 3 heteroatoms. The Hall–Kier alpha value is -1.51. The second-order valence-electron chi connectivity index (χ2n) is 6.67. The van der Waals surface area contributed by atoms with Crippen molar-refractivity contribution in [3.8, 4) is 0 Å². The van der Waals surface area contributed by atoms with E-state index in [4.69, 9.17) is 0 Å². The zero-order chi connectivity index (χ0) is 15.4. The Bertz CT molecular complexity index is 520. The fourth-order valence-electron chi connectivity index (χ4n) is 3.87. The molecular weight excluding hydrogens is 272 g/mol. The number of nitrogens with one attached hydrogen (secondary N) is 1. The van der Waals surface area contributed by atoms with Gasteiger partial charge in [0.05, 0.1) is 0 Å². The lowest BCUT2D eigenvalue weighted by molar-refractivity contribution is -0.124. The summed E-state index contributed by atoms with van der Waals surface area (Å²) in [6.45, 7) is 5.26. The lowest BCUT2D eigenvalue weighted by atomic mass is 9.98. The van der Waals surface area contributed by atoms with Crippen LogP contribution < -0.4 is 10.2 Å². The van der Waals surface area contributed by atoms with Crippen molar-refractivity contribution >= 4 is 11.6 Å². The summed E-state index contributed by atoms with van der Waals surface area (Å²) in [5, 5.41) is 3.12. The highest BCUT2D eigenvalue weighted by molar-refractivity contribution is 5.78. The van der Waals surface area contributed by atoms with Crippen molar-refractivity contribution in [1.29, 1.82) is 0 Å². The average molecular weight is 300 g/mol. The number of carbonyl (C=O) groups is 1. The van der Waals surface area contributed by atoms with Crippen molar-refractivity contribution in [2.75, 3.05) is 24.5 Å². The minimum atomic E-state index is 0.271. The minimum Gasteiger partial charge on any atom is -0.372 e. The fraction of sp³-hybridized carbons (Fsp3) is 0.632. The summed E-state index contributed by atoms with van der Waals surface area (Å²) in [5.41, 5.74) is 4.24. The summed E-state index contributed by atoms with van der Waals surface area (Å²) in [6.07, 6.45) is 7.98. The largest absolute Gasteiger partial charge is 0.372 e. The van der Waals surface area contributed by atoms with Crippen LogP contribution in [0.1, 0.15) is 50.2 Å². The second-order valence-corrected chi connectivity index (χ2v) is 6.67. The summed E-state index contributed by atoms with van der Waals surface area (Å²) in [5.74, 6) is 0.550. The molecule has 0 radical (unpaired) electrons. The van der Waals surface area contributed by atoms with Gasteiger partial charge in [0.1, 0.15) is 0 Å². The molecule has 1 aliphatic carbocycles. The van der Waals surface area contributed by atoms with Crippen LogP contribution in [0.3, 0.4) is 0 Å². The molecular formula is C19H28N2O. The van der Waals surface area contributed by atoms with Gasteiger partial charge in [-0.2, -0.15) is 0 Å². The highest BCUT2D eigenvalue weighted by Crippen LogP contribution is 2.28. The first-order valence-corrected chi connectivity index (χ1v) is 8.92. The summed E-state index contributed by atoms with van der Waals surface area (Å²) >= 11 is 0. The van der Waals surface area contributed by atoms with Crippen LogP contribution in [0, 0.1) is 5.92 Å². The van der Waals surface area contributed by atoms with Gasteiger partial charge in [-0.15, -0.1) is 0 Å². The van der Waals surface area contributed by atoms with Crippen LogP contribution >= 0.6 is 0 Å². The summed E-state index contributed by atoms with van der Waals surface area (Å²) in [7, 11) is 0. The first kappa shape index (κ1) is 15.4. The van der Waals surface area contributed by atoms with E-state index in [1.807, 2.05) is 0 Å². The first-order valence-electron chi connectivity index (χ1n) is 8.92. The van der Waals surface area contributed by atoms with Gasteiger partial charge in [0.2, 0.25) is 5.91 Å². The van der Waals surface area contributed by atoms with Crippen LogP contribution in [0.2, 0.25) is 0 Å². The standard InChI is InChI=1S/C19H28N2O/c1-2-21-13-5-8-17-14-15(9-10-18(17)21)11-12-20-19(22)16-6-3-4-7-16/h9-10,14,16H,2-8,11-13H2,1H3,(H,20,22). The first-order chi connectivity index (χ1) is 10.8. The highest BCUT2D eigenvalue weighted by atomic mass is 16.1. The second kappa shape index (κ2) is 7.17. The quantitative estimate of drug-likeness (QED) is 0.905. The number of aryl methyl sites for hydroxylation is 1. The van der Waals surface area contributed by atoms with E-state index < -0.39 is 0 Å². The molecule has 2 aliphatic rings. The number of hydrogen-bond acceptors (Lipinski definition) is 2. The fourth-order valence-corrected chi connectivity index (χ4v) is 3.87. The zero-order valence-corrected chi connectivity index (χ0v) is 13.7. The van der Waals surface area contributed by atoms with Crippen molar-refractivity contribution in [1.82, 2.24) is 5.32 Å². The van der Waals surface area contributed by atoms with Gasteiger partial charge in [-0.3, -0.25) is 4.79 Å². The SMILES string of the molecule is CCN1CCCc2cc(CCNC(=O)C3CCCC3)ccc21. The third-order valence-corrected chi connectivity index (χ3v) is 5.18. The number of nitrogens with zero attached hydrogens (tertiary/aromatic N) is 1. The maximum atomic E-state index is 12.0. The minimum absolute atomic E-state index is 0.271. The zero-order valence-electron chi connectivity index (χ0n) is 13.7. The van der Waals surface area contributed by atoms with Gasteiger partial charge >= 0.3 is 0 Å². The maximum Gasteiger partial charge on any atom is 0.223 e. The summed E-state index contributed by atoms with van der Waals surface area (Å²) < 4.78 is 0. The molecule has 0 saturated heterocycles. The van der Waals surface area contributed by atoms with Crippen molar-refractivity contribution < 1.29 is 4.79 Å². The molecule has 22 heavy (non-hydrogen) atoms. The van der Waals surface area contributed by atoms with E-state index in [0.29, 0.717) is 0 Å². The van der Waals surface area contributed by atoms with E-state index in [1.165, 1.54) is 49.0 Å². The van der Waals surface area contributed by atoms with Crippen LogP contribution in [0.4, 0.5) is 5.69 Å². The molecule has 1 aromatic rings. The number of rotatable bonds is 5. The molecule has 1 N–H and O–H groups in total. The number of fused-ring (bicyclic) bond motifs is 1. The Morgan fingerprint density at radius 2 is 2.09 bits per heavy atom. The summed E-state index contributed by atoms with van der Waals surface area (Å²) in [4.78, 5) is 14.5. The molecule has 1 saturated carbocycles. The van der Waals surface area contributed by atoms with Crippen LogP contribution in [0.5, 0.6) is 0 Å². The van der Waals surface area contributed by atoms with Crippen molar-refractivity contribution in [3.05, 3.63) is 29.3 Å². The summed E-state index contributed by atoms with van der Waals surface area (Å²) in [6, 6.07) is 6.85. The number of benzene rings is 1. The molecule has 0 spiro atoms. The predicted octanol–water partition coefficient (Wildman–Crippen LogP) is 3.31. The van der Waals surface area contributed by atoms with Crippen molar-refractivity contribution in [2.24, 2.45) is 5.92 Å². The Balaban J connectivity index is 1.53. The predicted molar refractivity (Wildman–Crippen MR) is 91.3 cm³/mol. The van der Waals surface area contributed by atoms with Crippen LogP contribution in [-0.2, 0) is 17.6 Å². The monoisotopic (exact) mass is 300 g/mol. The van der Waals surface area contributed by atoms with Gasteiger partial charge in [0, 0.05) is 31.2 Å². The van der Waals surface area contributed by atoms with Crippen molar-refractivity contribution in [3.63, 3.8) is 0 Å². The third kappa shape index (κ3) is 3.45. The third-order valence-electron chi connectivity index (χ3n) is 5.18.